The number of hydrogen-bond acceptors (Lipinski definition) is 3. The first-order valence-corrected chi connectivity index (χ1v) is 6.07. The number of amides is 1. The molecule has 1 saturated carbocycles. The van der Waals surface area contributed by atoms with Crippen molar-refractivity contribution < 1.29 is 14.3 Å². The highest BCUT2D eigenvalue weighted by atomic mass is 19.1. The largest absolute Gasteiger partial charge is 0.508 e. The van der Waals surface area contributed by atoms with Crippen LogP contribution in [-0.2, 0) is 0 Å². The summed E-state index contributed by atoms with van der Waals surface area (Å²) >= 11 is 0. The summed E-state index contributed by atoms with van der Waals surface area (Å²) in [4.78, 5) is 12.0. The molecular weight excluding hydrogens is 235 g/mol. The lowest BCUT2D eigenvalue weighted by Gasteiger charge is -2.28. The van der Waals surface area contributed by atoms with Crippen molar-refractivity contribution in [3.63, 3.8) is 0 Å². The highest BCUT2D eigenvalue weighted by Crippen LogP contribution is 2.29. The Morgan fingerprint density at radius 1 is 1.44 bits per heavy atom. The Morgan fingerprint density at radius 2 is 2.11 bits per heavy atom. The van der Waals surface area contributed by atoms with Crippen LogP contribution in [0, 0.1) is 5.82 Å². The lowest BCUT2D eigenvalue weighted by molar-refractivity contribution is 0.0899. The number of nitrogens with one attached hydrogen (secondary N) is 1. The SMILES string of the molecule is NCC1(NC(=O)c2ccc(O)cc2F)CCCC1. The number of carbonyl (C=O) groups is 1. The lowest BCUT2D eigenvalue weighted by atomic mass is 9.97. The van der Waals surface area contributed by atoms with E-state index >= 15 is 0 Å². The highest BCUT2D eigenvalue weighted by Gasteiger charge is 2.34. The minimum atomic E-state index is -0.724. The van der Waals surface area contributed by atoms with Gasteiger partial charge in [-0.05, 0) is 25.0 Å². The molecule has 0 atom stereocenters. The van der Waals surface area contributed by atoms with Crippen LogP contribution in [0.2, 0.25) is 0 Å². The third kappa shape index (κ3) is 2.46. The first kappa shape index (κ1) is 12.8. The van der Waals surface area contributed by atoms with Crippen molar-refractivity contribution in [2.24, 2.45) is 5.73 Å². The lowest BCUT2D eigenvalue weighted by Crippen LogP contribution is -2.51. The van der Waals surface area contributed by atoms with Crippen LogP contribution < -0.4 is 11.1 Å². The van der Waals surface area contributed by atoms with Gasteiger partial charge in [0, 0.05) is 12.6 Å². The Hall–Kier alpha value is -1.62. The van der Waals surface area contributed by atoms with Crippen molar-refractivity contribution in [1.82, 2.24) is 5.32 Å². The summed E-state index contributed by atoms with van der Waals surface area (Å²) in [6.07, 6.45) is 3.70. The zero-order valence-electron chi connectivity index (χ0n) is 10.1. The van der Waals surface area contributed by atoms with Crippen molar-refractivity contribution in [2.75, 3.05) is 6.54 Å². The predicted molar refractivity (Wildman–Crippen MR) is 65.8 cm³/mol. The molecular formula is C13H17FN2O2. The van der Waals surface area contributed by atoms with Gasteiger partial charge in [0.1, 0.15) is 11.6 Å². The van der Waals surface area contributed by atoms with Crippen molar-refractivity contribution in [2.45, 2.75) is 31.2 Å². The molecule has 98 valence electrons. The van der Waals surface area contributed by atoms with Gasteiger partial charge in [-0.25, -0.2) is 4.39 Å². The molecule has 0 aliphatic heterocycles. The summed E-state index contributed by atoms with van der Waals surface area (Å²) in [6.45, 7) is 0.360. The van der Waals surface area contributed by atoms with Crippen LogP contribution >= 0.6 is 0 Å². The Balaban J connectivity index is 2.16. The molecule has 0 heterocycles. The number of carbonyl (C=O) groups excluding carboxylic acids is 1. The molecule has 1 amide bonds. The van der Waals surface area contributed by atoms with Gasteiger partial charge in [0.05, 0.1) is 11.1 Å². The molecule has 0 spiro atoms. The minimum Gasteiger partial charge on any atom is -0.508 e. The van der Waals surface area contributed by atoms with E-state index in [1.807, 2.05) is 0 Å². The molecule has 2 rings (SSSR count). The van der Waals surface area contributed by atoms with Crippen molar-refractivity contribution >= 4 is 5.91 Å². The summed E-state index contributed by atoms with van der Waals surface area (Å²) in [5, 5.41) is 11.9. The smallest absolute Gasteiger partial charge is 0.254 e. The Kier molecular flexibility index (Phi) is 3.52. The summed E-state index contributed by atoms with van der Waals surface area (Å²) < 4.78 is 13.6. The summed E-state index contributed by atoms with van der Waals surface area (Å²) in [5.74, 6) is -1.39. The van der Waals surface area contributed by atoms with E-state index in [0.29, 0.717) is 6.54 Å². The minimum absolute atomic E-state index is 0.0625. The standard InChI is InChI=1S/C13H17FN2O2/c14-11-7-9(17)3-4-10(11)12(18)16-13(8-15)5-1-2-6-13/h3-4,7,17H,1-2,5-6,8,15H2,(H,16,18). The van der Waals surface area contributed by atoms with E-state index in [9.17, 15) is 9.18 Å². The zero-order valence-corrected chi connectivity index (χ0v) is 10.1. The van der Waals surface area contributed by atoms with E-state index in [2.05, 4.69) is 5.32 Å². The van der Waals surface area contributed by atoms with Gasteiger partial charge in [0.25, 0.3) is 5.91 Å². The number of phenols is 1. The van der Waals surface area contributed by atoms with E-state index in [1.165, 1.54) is 12.1 Å². The van der Waals surface area contributed by atoms with E-state index in [-0.39, 0.29) is 11.3 Å². The maximum Gasteiger partial charge on any atom is 0.254 e. The Bertz CT molecular complexity index is 456. The fourth-order valence-corrected chi connectivity index (χ4v) is 2.43. The molecule has 1 aromatic rings. The molecule has 4 N–H and O–H groups in total. The van der Waals surface area contributed by atoms with Gasteiger partial charge in [0.15, 0.2) is 0 Å². The summed E-state index contributed by atoms with van der Waals surface area (Å²) in [5.41, 5.74) is 5.25. The number of halogens is 1. The fraction of sp³-hybridized carbons (Fsp3) is 0.462. The summed E-state index contributed by atoms with van der Waals surface area (Å²) in [7, 11) is 0. The second kappa shape index (κ2) is 4.94. The first-order chi connectivity index (χ1) is 8.56. The Morgan fingerprint density at radius 3 is 2.67 bits per heavy atom. The normalized spacial score (nSPS) is 17.7. The second-order valence-corrected chi connectivity index (χ2v) is 4.81. The van der Waals surface area contributed by atoms with Crippen LogP contribution in [0.15, 0.2) is 18.2 Å². The zero-order chi connectivity index (χ0) is 13.2. The molecule has 0 bridgehead atoms. The van der Waals surface area contributed by atoms with Crippen molar-refractivity contribution in [3.8, 4) is 5.75 Å². The van der Waals surface area contributed by atoms with Crippen LogP contribution in [0.4, 0.5) is 4.39 Å². The topological polar surface area (TPSA) is 75.3 Å². The molecule has 1 aliphatic carbocycles. The van der Waals surface area contributed by atoms with Crippen LogP contribution in [-0.4, -0.2) is 23.1 Å². The van der Waals surface area contributed by atoms with Crippen molar-refractivity contribution in [1.29, 1.82) is 0 Å². The third-order valence-electron chi connectivity index (χ3n) is 3.53. The predicted octanol–water partition coefficient (Wildman–Crippen LogP) is 1.53. The third-order valence-corrected chi connectivity index (χ3v) is 3.53. The van der Waals surface area contributed by atoms with Gasteiger partial charge >= 0.3 is 0 Å². The number of nitrogens with two attached hydrogens (primary N) is 1. The first-order valence-electron chi connectivity index (χ1n) is 6.07. The van der Waals surface area contributed by atoms with Gasteiger partial charge in [0.2, 0.25) is 0 Å². The number of rotatable bonds is 3. The van der Waals surface area contributed by atoms with Crippen molar-refractivity contribution in [3.05, 3.63) is 29.6 Å². The number of benzene rings is 1. The molecule has 5 heteroatoms. The summed E-state index contributed by atoms with van der Waals surface area (Å²) in [6, 6.07) is 3.50. The average Bonchev–Trinajstić information content (AvgIpc) is 2.78. The van der Waals surface area contributed by atoms with Gasteiger partial charge < -0.3 is 16.2 Å². The molecule has 0 aromatic heterocycles. The average molecular weight is 252 g/mol. The quantitative estimate of drug-likeness (QED) is 0.763. The molecule has 0 saturated heterocycles. The van der Waals surface area contributed by atoms with Gasteiger partial charge in [-0.3, -0.25) is 4.79 Å². The van der Waals surface area contributed by atoms with E-state index in [0.717, 1.165) is 31.7 Å². The molecule has 0 unspecified atom stereocenters. The molecule has 0 radical (unpaired) electrons. The van der Waals surface area contributed by atoms with Crippen LogP contribution in [0.3, 0.4) is 0 Å². The molecule has 4 nitrogen and oxygen atoms in total. The fourth-order valence-electron chi connectivity index (χ4n) is 2.43. The van der Waals surface area contributed by atoms with Gasteiger partial charge in [-0.15, -0.1) is 0 Å². The van der Waals surface area contributed by atoms with Crippen LogP contribution in [0.1, 0.15) is 36.0 Å². The van der Waals surface area contributed by atoms with Gasteiger partial charge in [-0.2, -0.15) is 0 Å². The Labute approximate surface area is 105 Å². The number of hydrogen-bond donors (Lipinski definition) is 3. The highest BCUT2D eigenvalue weighted by molar-refractivity contribution is 5.95. The number of aromatic hydroxyl groups is 1. The number of phenolic OH excluding ortho intramolecular Hbond substituents is 1. The molecule has 18 heavy (non-hydrogen) atoms. The molecule has 1 fully saturated rings. The molecule has 1 aromatic carbocycles. The van der Waals surface area contributed by atoms with E-state index in [4.69, 9.17) is 10.8 Å². The van der Waals surface area contributed by atoms with Gasteiger partial charge in [-0.1, -0.05) is 12.8 Å². The molecule has 1 aliphatic rings. The van der Waals surface area contributed by atoms with Crippen LogP contribution in [0.5, 0.6) is 5.75 Å². The van der Waals surface area contributed by atoms with Crippen LogP contribution in [0.25, 0.3) is 0 Å². The monoisotopic (exact) mass is 252 g/mol. The van der Waals surface area contributed by atoms with E-state index in [1.54, 1.807) is 0 Å². The maximum atomic E-state index is 13.6. The second-order valence-electron chi connectivity index (χ2n) is 4.81. The maximum absolute atomic E-state index is 13.6. The van der Waals surface area contributed by atoms with E-state index < -0.39 is 17.3 Å².